The highest BCUT2D eigenvalue weighted by Crippen LogP contribution is 2.21. The first-order valence-corrected chi connectivity index (χ1v) is 6.94. The normalized spacial score (nSPS) is 10.7. The molecule has 0 bridgehead atoms. The fraction of sp³-hybridized carbons (Fsp3) is 0.118. The van der Waals surface area contributed by atoms with Gasteiger partial charge in [-0.2, -0.15) is 5.10 Å². The lowest BCUT2D eigenvalue weighted by molar-refractivity contribution is 0.0954. The van der Waals surface area contributed by atoms with Gasteiger partial charge in [-0.25, -0.2) is 5.43 Å². The van der Waals surface area contributed by atoms with Crippen LogP contribution in [-0.2, 0) is 13.5 Å². The number of aryl methyl sites for hydroxylation is 1. The van der Waals surface area contributed by atoms with Crippen LogP contribution in [0.15, 0.2) is 59.1 Å². The molecule has 23 heavy (non-hydrogen) atoms. The lowest BCUT2D eigenvalue weighted by atomic mass is 10.1. The number of hydrogen-bond donors (Lipinski definition) is 2. The Kier molecular flexibility index (Phi) is 5.09. The number of carbonyl (C=O) groups is 1. The molecule has 0 aliphatic rings. The molecule has 0 aliphatic carbocycles. The van der Waals surface area contributed by atoms with Crippen LogP contribution < -0.4 is 11.0 Å². The van der Waals surface area contributed by atoms with Crippen LogP contribution in [0.1, 0.15) is 21.5 Å². The van der Waals surface area contributed by atoms with Gasteiger partial charge in [0.25, 0.3) is 5.91 Å². The number of aromatic nitrogens is 1. The largest absolute Gasteiger partial charge is 0.507 e. The third kappa shape index (κ3) is 3.94. The number of pyridine rings is 1. The molecule has 2 aromatic rings. The number of hydrogen-bond acceptors (Lipinski definition) is 4. The van der Waals surface area contributed by atoms with Crippen LogP contribution in [0, 0.1) is 0 Å². The number of para-hydroxylation sites is 1. The van der Waals surface area contributed by atoms with Gasteiger partial charge < -0.3 is 9.67 Å². The summed E-state index contributed by atoms with van der Waals surface area (Å²) in [6.07, 6.45) is 5.02. The zero-order valence-corrected chi connectivity index (χ0v) is 12.7. The van der Waals surface area contributed by atoms with E-state index in [4.69, 9.17) is 0 Å². The van der Waals surface area contributed by atoms with Crippen LogP contribution in [0.4, 0.5) is 0 Å². The van der Waals surface area contributed by atoms with Crippen molar-refractivity contribution in [2.75, 3.05) is 0 Å². The monoisotopic (exact) mass is 311 g/mol. The summed E-state index contributed by atoms with van der Waals surface area (Å²) < 4.78 is 1.31. The molecule has 2 rings (SSSR count). The van der Waals surface area contributed by atoms with E-state index in [1.54, 1.807) is 31.3 Å². The van der Waals surface area contributed by atoms with Crippen molar-refractivity contribution in [2.24, 2.45) is 12.1 Å². The molecule has 2 N–H and O–H groups in total. The Labute approximate surface area is 133 Å². The Balaban J connectivity index is 2.11. The average molecular weight is 311 g/mol. The van der Waals surface area contributed by atoms with Crippen LogP contribution in [0.2, 0.25) is 0 Å². The molecular weight excluding hydrogens is 294 g/mol. The summed E-state index contributed by atoms with van der Waals surface area (Å²) >= 11 is 0. The minimum atomic E-state index is -0.446. The number of rotatable bonds is 5. The molecule has 0 radical (unpaired) electrons. The Morgan fingerprint density at radius 1 is 1.39 bits per heavy atom. The molecule has 118 valence electrons. The van der Waals surface area contributed by atoms with Crippen molar-refractivity contribution in [3.8, 4) is 5.75 Å². The Hall–Kier alpha value is -3.15. The van der Waals surface area contributed by atoms with Gasteiger partial charge in [0.15, 0.2) is 0 Å². The van der Waals surface area contributed by atoms with Gasteiger partial charge in [-0.05, 0) is 24.1 Å². The first-order chi connectivity index (χ1) is 11.0. The van der Waals surface area contributed by atoms with Gasteiger partial charge in [0.2, 0.25) is 5.56 Å². The van der Waals surface area contributed by atoms with Crippen LogP contribution >= 0.6 is 0 Å². The fourth-order valence-electron chi connectivity index (χ4n) is 1.99. The first kappa shape index (κ1) is 16.2. The molecular formula is C17H17N3O3. The lowest BCUT2D eigenvalue weighted by Crippen LogP contribution is -2.22. The molecule has 0 unspecified atom stereocenters. The molecule has 6 heteroatoms. The number of allylic oxidation sites excluding steroid dienone is 1. The van der Waals surface area contributed by atoms with Crippen molar-refractivity contribution < 1.29 is 9.90 Å². The third-order valence-corrected chi connectivity index (χ3v) is 3.23. The van der Waals surface area contributed by atoms with E-state index in [9.17, 15) is 14.7 Å². The van der Waals surface area contributed by atoms with Gasteiger partial charge in [0.05, 0.1) is 11.8 Å². The third-order valence-electron chi connectivity index (χ3n) is 3.23. The standard InChI is InChI=1S/C17H17N3O3/c1-3-5-12-6-4-7-13(16(12)22)10-18-19-17(23)14-8-9-15(21)20(2)11-14/h3-4,6-11,22H,1,5H2,2H3,(H,19,23). The average Bonchev–Trinajstić information content (AvgIpc) is 2.53. The Morgan fingerprint density at radius 2 is 2.17 bits per heavy atom. The first-order valence-electron chi connectivity index (χ1n) is 6.94. The Morgan fingerprint density at radius 3 is 2.87 bits per heavy atom. The molecule has 0 aliphatic heterocycles. The summed E-state index contributed by atoms with van der Waals surface area (Å²) in [6, 6.07) is 7.99. The second-order valence-electron chi connectivity index (χ2n) is 4.91. The SMILES string of the molecule is C=CCc1cccc(C=NNC(=O)c2ccc(=O)n(C)c2)c1O. The predicted octanol–water partition coefficient (Wildman–Crippen LogP) is 1.58. The maximum Gasteiger partial charge on any atom is 0.272 e. The maximum absolute atomic E-state index is 11.9. The van der Waals surface area contributed by atoms with Crippen LogP contribution in [0.25, 0.3) is 0 Å². The van der Waals surface area contributed by atoms with Crippen molar-refractivity contribution in [2.45, 2.75) is 6.42 Å². The number of benzene rings is 1. The summed E-state index contributed by atoms with van der Waals surface area (Å²) in [6.45, 7) is 3.63. The van der Waals surface area contributed by atoms with E-state index in [1.165, 1.54) is 29.1 Å². The number of nitrogens with zero attached hydrogens (tertiary/aromatic N) is 2. The van der Waals surface area contributed by atoms with Gasteiger partial charge in [-0.3, -0.25) is 9.59 Å². The quantitative estimate of drug-likeness (QED) is 0.499. The number of hydrazone groups is 1. The van der Waals surface area contributed by atoms with Crippen molar-refractivity contribution in [1.29, 1.82) is 0 Å². The van der Waals surface area contributed by atoms with Gasteiger partial charge in [0, 0.05) is 24.9 Å². The van der Waals surface area contributed by atoms with Gasteiger partial charge >= 0.3 is 0 Å². The summed E-state index contributed by atoms with van der Waals surface area (Å²) in [5, 5.41) is 13.9. The van der Waals surface area contributed by atoms with Gasteiger partial charge in [0.1, 0.15) is 5.75 Å². The Bertz CT molecular complexity index is 822. The molecule has 1 heterocycles. The maximum atomic E-state index is 11.9. The highest BCUT2D eigenvalue weighted by molar-refractivity contribution is 5.94. The van der Waals surface area contributed by atoms with E-state index < -0.39 is 5.91 Å². The summed E-state index contributed by atoms with van der Waals surface area (Å²) in [5.74, 6) is -0.342. The predicted molar refractivity (Wildman–Crippen MR) is 88.8 cm³/mol. The van der Waals surface area contributed by atoms with E-state index in [0.717, 1.165) is 5.56 Å². The molecule has 0 saturated carbocycles. The highest BCUT2D eigenvalue weighted by Gasteiger charge is 2.06. The second kappa shape index (κ2) is 7.22. The van der Waals surface area contributed by atoms with Crippen molar-refractivity contribution in [3.05, 3.63) is 76.2 Å². The minimum Gasteiger partial charge on any atom is -0.507 e. The molecule has 1 aromatic carbocycles. The van der Waals surface area contributed by atoms with Crippen molar-refractivity contribution in [1.82, 2.24) is 9.99 Å². The highest BCUT2D eigenvalue weighted by atomic mass is 16.3. The number of phenols is 1. The number of carbonyl (C=O) groups excluding carboxylic acids is 1. The van der Waals surface area contributed by atoms with Crippen molar-refractivity contribution in [3.63, 3.8) is 0 Å². The topological polar surface area (TPSA) is 83.7 Å². The number of phenolic OH excluding ortho intramolecular Hbond substituents is 1. The lowest BCUT2D eigenvalue weighted by Gasteiger charge is -2.05. The summed E-state index contributed by atoms with van der Waals surface area (Å²) in [4.78, 5) is 23.2. The molecule has 6 nitrogen and oxygen atoms in total. The zero-order valence-electron chi connectivity index (χ0n) is 12.7. The summed E-state index contributed by atoms with van der Waals surface area (Å²) in [5.41, 5.74) is 3.69. The van der Waals surface area contributed by atoms with E-state index in [1.807, 2.05) is 0 Å². The molecule has 1 amide bonds. The van der Waals surface area contributed by atoms with Crippen LogP contribution in [0.5, 0.6) is 5.75 Å². The molecule has 0 fully saturated rings. The van der Waals surface area contributed by atoms with E-state index in [-0.39, 0.29) is 11.3 Å². The van der Waals surface area contributed by atoms with E-state index >= 15 is 0 Å². The number of amides is 1. The number of aromatic hydroxyl groups is 1. The van der Waals surface area contributed by atoms with E-state index in [0.29, 0.717) is 17.5 Å². The molecule has 0 saturated heterocycles. The molecule has 1 aromatic heterocycles. The van der Waals surface area contributed by atoms with Crippen molar-refractivity contribution >= 4 is 12.1 Å². The fourth-order valence-corrected chi connectivity index (χ4v) is 1.99. The minimum absolute atomic E-state index is 0.104. The smallest absolute Gasteiger partial charge is 0.272 e. The summed E-state index contributed by atoms with van der Waals surface area (Å²) in [7, 11) is 1.56. The second-order valence-corrected chi connectivity index (χ2v) is 4.91. The van der Waals surface area contributed by atoms with Crippen LogP contribution in [-0.4, -0.2) is 21.8 Å². The van der Waals surface area contributed by atoms with Crippen LogP contribution in [0.3, 0.4) is 0 Å². The molecule has 0 spiro atoms. The van der Waals surface area contributed by atoms with E-state index in [2.05, 4.69) is 17.1 Å². The van der Waals surface area contributed by atoms with Gasteiger partial charge in [-0.15, -0.1) is 6.58 Å². The van der Waals surface area contributed by atoms with Gasteiger partial charge in [-0.1, -0.05) is 18.2 Å². The number of nitrogens with one attached hydrogen (secondary N) is 1. The molecule has 0 atom stereocenters. The zero-order chi connectivity index (χ0) is 16.8.